The second-order valence-corrected chi connectivity index (χ2v) is 5.13. The van der Waals surface area contributed by atoms with E-state index in [4.69, 9.17) is 14.7 Å². The number of rotatable bonds is 2. The van der Waals surface area contributed by atoms with Crippen LogP contribution in [0.15, 0.2) is 0 Å². The highest BCUT2D eigenvalue weighted by atomic mass is 16.7. The number of carbonyl (C=O) groups excluding carboxylic acids is 1. The standard InChI is InChI=1S/C11H21NO5/c1-11(2,3)16-10(15)12-8(6-13)4-5-9(7-14)17-12/h8-9,13-14H,4-7H2,1-3H3. The van der Waals surface area contributed by atoms with Crippen LogP contribution in [-0.2, 0) is 9.57 Å². The summed E-state index contributed by atoms with van der Waals surface area (Å²) in [5, 5.41) is 19.2. The lowest BCUT2D eigenvalue weighted by Gasteiger charge is -2.37. The highest BCUT2D eigenvalue weighted by molar-refractivity contribution is 5.67. The summed E-state index contributed by atoms with van der Waals surface area (Å²) in [7, 11) is 0. The van der Waals surface area contributed by atoms with Crippen LogP contribution in [-0.4, -0.2) is 52.3 Å². The van der Waals surface area contributed by atoms with Gasteiger partial charge in [-0.05, 0) is 33.6 Å². The smallest absolute Gasteiger partial charge is 0.434 e. The van der Waals surface area contributed by atoms with Crippen molar-refractivity contribution in [1.29, 1.82) is 0 Å². The molecule has 1 aliphatic heterocycles. The molecule has 6 nitrogen and oxygen atoms in total. The molecule has 1 heterocycles. The van der Waals surface area contributed by atoms with Gasteiger partial charge in [0.2, 0.25) is 0 Å². The molecular weight excluding hydrogens is 226 g/mol. The molecule has 1 aliphatic rings. The van der Waals surface area contributed by atoms with E-state index >= 15 is 0 Å². The Bertz CT molecular complexity index is 263. The topological polar surface area (TPSA) is 79.2 Å². The van der Waals surface area contributed by atoms with E-state index in [2.05, 4.69) is 0 Å². The van der Waals surface area contributed by atoms with Gasteiger partial charge in [0.05, 0.1) is 19.3 Å². The molecule has 2 unspecified atom stereocenters. The van der Waals surface area contributed by atoms with Crippen molar-refractivity contribution < 1.29 is 24.6 Å². The van der Waals surface area contributed by atoms with E-state index < -0.39 is 23.8 Å². The van der Waals surface area contributed by atoms with Crippen LogP contribution in [0.4, 0.5) is 4.79 Å². The minimum absolute atomic E-state index is 0.155. The Kier molecular flexibility index (Phi) is 4.73. The van der Waals surface area contributed by atoms with E-state index in [-0.39, 0.29) is 13.2 Å². The van der Waals surface area contributed by atoms with Crippen LogP contribution in [0, 0.1) is 0 Å². The molecule has 0 aromatic carbocycles. The van der Waals surface area contributed by atoms with Gasteiger partial charge in [0.25, 0.3) is 0 Å². The Morgan fingerprint density at radius 3 is 2.47 bits per heavy atom. The largest absolute Gasteiger partial charge is 0.442 e. The van der Waals surface area contributed by atoms with Gasteiger partial charge in [-0.15, -0.1) is 0 Å². The van der Waals surface area contributed by atoms with Gasteiger partial charge in [0, 0.05) is 0 Å². The lowest BCUT2D eigenvalue weighted by Crippen LogP contribution is -2.51. The summed E-state index contributed by atoms with van der Waals surface area (Å²) in [6.07, 6.45) is 0.155. The zero-order valence-electron chi connectivity index (χ0n) is 10.5. The van der Waals surface area contributed by atoms with Gasteiger partial charge in [-0.1, -0.05) is 0 Å². The molecule has 2 N–H and O–H groups in total. The number of hydrogen-bond donors (Lipinski definition) is 2. The van der Waals surface area contributed by atoms with E-state index in [1.54, 1.807) is 20.8 Å². The zero-order chi connectivity index (χ0) is 13.1. The SMILES string of the molecule is CC(C)(C)OC(=O)N1OC(CO)CCC1CO. The number of ether oxygens (including phenoxy) is 1. The van der Waals surface area contributed by atoms with Gasteiger partial charge in [0.15, 0.2) is 0 Å². The van der Waals surface area contributed by atoms with Gasteiger partial charge in [-0.2, -0.15) is 5.06 Å². The van der Waals surface area contributed by atoms with Gasteiger partial charge in [-0.25, -0.2) is 4.79 Å². The fraction of sp³-hybridized carbons (Fsp3) is 0.909. The van der Waals surface area contributed by atoms with Crippen molar-refractivity contribution >= 4 is 6.09 Å². The molecule has 2 atom stereocenters. The summed E-state index contributed by atoms with van der Waals surface area (Å²) in [4.78, 5) is 17.1. The maximum absolute atomic E-state index is 11.8. The Morgan fingerprint density at radius 1 is 1.35 bits per heavy atom. The molecule has 0 radical (unpaired) electrons. The Hall–Kier alpha value is -0.850. The highest BCUT2D eigenvalue weighted by Gasteiger charge is 2.35. The second-order valence-electron chi connectivity index (χ2n) is 5.13. The predicted molar refractivity (Wildman–Crippen MR) is 60.1 cm³/mol. The van der Waals surface area contributed by atoms with Crippen LogP contribution in [0.3, 0.4) is 0 Å². The van der Waals surface area contributed by atoms with Crippen molar-refractivity contribution in [3.05, 3.63) is 0 Å². The van der Waals surface area contributed by atoms with E-state index in [0.717, 1.165) is 5.06 Å². The summed E-state index contributed by atoms with van der Waals surface area (Å²) in [6.45, 7) is 4.93. The minimum Gasteiger partial charge on any atom is -0.442 e. The summed E-state index contributed by atoms with van der Waals surface area (Å²) < 4.78 is 5.17. The number of hydrogen-bond acceptors (Lipinski definition) is 5. The Balaban J connectivity index is 2.66. The highest BCUT2D eigenvalue weighted by Crippen LogP contribution is 2.22. The minimum atomic E-state index is -0.630. The summed E-state index contributed by atoms with van der Waals surface area (Å²) >= 11 is 0. The van der Waals surface area contributed by atoms with Crippen molar-refractivity contribution in [2.24, 2.45) is 0 Å². The third kappa shape index (κ3) is 4.14. The van der Waals surface area contributed by atoms with Gasteiger partial charge in [0.1, 0.15) is 11.7 Å². The van der Waals surface area contributed by atoms with Gasteiger partial charge < -0.3 is 14.9 Å². The van der Waals surface area contributed by atoms with Crippen LogP contribution in [0.1, 0.15) is 33.6 Å². The predicted octanol–water partition coefficient (Wildman–Crippen LogP) is 0.671. The summed E-state index contributed by atoms with van der Waals surface area (Å²) in [6, 6.07) is -0.410. The third-order valence-electron chi connectivity index (χ3n) is 2.40. The quantitative estimate of drug-likeness (QED) is 0.749. The third-order valence-corrected chi connectivity index (χ3v) is 2.40. The molecule has 17 heavy (non-hydrogen) atoms. The maximum Gasteiger partial charge on any atom is 0.434 e. The second kappa shape index (κ2) is 5.66. The molecule has 0 spiro atoms. The molecule has 100 valence electrons. The summed E-state index contributed by atoms with van der Waals surface area (Å²) in [5.41, 5.74) is -0.618. The monoisotopic (exact) mass is 247 g/mol. The number of aliphatic hydroxyl groups is 2. The number of amides is 1. The van der Waals surface area contributed by atoms with Crippen molar-refractivity contribution in [2.75, 3.05) is 13.2 Å². The number of nitrogens with zero attached hydrogens (tertiary/aromatic N) is 1. The van der Waals surface area contributed by atoms with Crippen LogP contribution in [0.5, 0.6) is 0 Å². The molecule has 1 fully saturated rings. The molecule has 0 aromatic rings. The van der Waals surface area contributed by atoms with Crippen molar-refractivity contribution in [3.63, 3.8) is 0 Å². The average Bonchev–Trinajstić information content (AvgIpc) is 2.25. The van der Waals surface area contributed by atoms with E-state index in [1.165, 1.54) is 0 Å². The molecule has 1 amide bonds. The van der Waals surface area contributed by atoms with Crippen LogP contribution in [0.25, 0.3) is 0 Å². The fourth-order valence-electron chi connectivity index (χ4n) is 1.58. The first-order chi connectivity index (χ1) is 7.87. The molecule has 6 heteroatoms. The van der Waals surface area contributed by atoms with E-state index in [9.17, 15) is 9.90 Å². The maximum atomic E-state index is 11.8. The normalized spacial score (nSPS) is 25.8. The lowest BCUT2D eigenvalue weighted by molar-refractivity contribution is -0.240. The number of hydroxylamine groups is 2. The first kappa shape index (κ1) is 14.2. The van der Waals surface area contributed by atoms with E-state index in [0.29, 0.717) is 12.8 Å². The molecule has 0 aromatic heterocycles. The van der Waals surface area contributed by atoms with E-state index in [1.807, 2.05) is 0 Å². The summed E-state index contributed by atoms with van der Waals surface area (Å²) in [5.74, 6) is 0. The molecular formula is C11H21NO5. The van der Waals surface area contributed by atoms with Gasteiger partial charge in [-0.3, -0.25) is 4.84 Å². The Morgan fingerprint density at radius 2 is 2.00 bits per heavy atom. The molecule has 0 saturated carbocycles. The number of carbonyl (C=O) groups is 1. The average molecular weight is 247 g/mol. The van der Waals surface area contributed by atoms with Crippen LogP contribution < -0.4 is 0 Å². The number of aliphatic hydroxyl groups excluding tert-OH is 2. The van der Waals surface area contributed by atoms with Crippen molar-refractivity contribution in [3.8, 4) is 0 Å². The van der Waals surface area contributed by atoms with Gasteiger partial charge >= 0.3 is 6.09 Å². The van der Waals surface area contributed by atoms with Crippen LogP contribution in [0.2, 0.25) is 0 Å². The van der Waals surface area contributed by atoms with Crippen LogP contribution >= 0.6 is 0 Å². The van der Waals surface area contributed by atoms with Crippen molar-refractivity contribution in [1.82, 2.24) is 5.06 Å². The first-order valence-electron chi connectivity index (χ1n) is 5.78. The molecule has 1 rings (SSSR count). The lowest BCUT2D eigenvalue weighted by atomic mass is 10.1. The molecule has 0 aliphatic carbocycles. The first-order valence-corrected chi connectivity index (χ1v) is 5.78. The molecule has 1 saturated heterocycles. The molecule has 0 bridgehead atoms. The Labute approximate surface area is 101 Å². The zero-order valence-corrected chi connectivity index (χ0v) is 10.5. The fourth-order valence-corrected chi connectivity index (χ4v) is 1.58. The van der Waals surface area contributed by atoms with Crippen molar-refractivity contribution in [2.45, 2.75) is 51.4 Å².